The molecule has 0 unspecified atom stereocenters. The molecule has 10 rings (SSSR count). The van der Waals surface area contributed by atoms with Crippen LogP contribution < -0.4 is 4.90 Å². The van der Waals surface area contributed by atoms with Gasteiger partial charge in [-0.05, 0) is 65.4 Å². The first kappa shape index (κ1) is 23.9. The zero-order chi connectivity index (χ0) is 28.8. The molecule has 0 atom stereocenters. The fourth-order valence-corrected chi connectivity index (χ4v) is 7.86. The topological polar surface area (TPSA) is 42.4 Å². The average molecular weight is 583 g/mol. The van der Waals surface area contributed by atoms with Crippen LogP contribution in [0, 0.1) is 0 Å². The van der Waals surface area contributed by atoms with Crippen LogP contribution in [0.1, 0.15) is 0 Å². The number of fused-ring (bicyclic) bond motifs is 10. The Labute approximate surface area is 255 Å². The Hall–Kier alpha value is -5.65. The lowest BCUT2D eigenvalue weighted by molar-refractivity contribution is 0.668. The molecule has 0 spiro atoms. The van der Waals surface area contributed by atoms with E-state index in [1.54, 1.807) is 0 Å². The third-order valence-corrected chi connectivity index (χ3v) is 9.90. The highest BCUT2D eigenvalue weighted by atomic mass is 32.1. The predicted molar refractivity (Wildman–Crippen MR) is 184 cm³/mol. The van der Waals surface area contributed by atoms with Crippen molar-refractivity contribution in [2.45, 2.75) is 0 Å². The first-order chi connectivity index (χ1) is 21.8. The van der Waals surface area contributed by atoms with E-state index >= 15 is 0 Å². The monoisotopic (exact) mass is 582 g/mol. The van der Waals surface area contributed by atoms with Crippen molar-refractivity contribution in [1.29, 1.82) is 0 Å². The van der Waals surface area contributed by atoms with E-state index in [2.05, 4.69) is 102 Å². The Morgan fingerprint density at radius 3 is 1.95 bits per heavy atom. The van der Waals surface area contributed by atoms with E-state index in [1.165, 1.54) is 25.6 Å². The SMILES string of the molecule is c1ccc2cc3c(cc2c1)sc1c(N(c2ccc4c(c2)oc2ccccc24)c2ccc4oc5ccccc5c4c2)cncc13. The maximum absolute atomic E-state index is 6.36. The zero-order valence-corrected chi connectivity index (χ0v) is 24.1. The van der Waals surface area contributed by atoms with Crippen LogP contribution >= 0.6 is 11.3 Å². The Balaban J connectivity index is 1.27. The van der Waals surface area contributed by atoms with Gasteiger partial charge in [0.1, 0.15) is 22.3 Å². The number of hydrogen-bond acceptors (Lipinski definition) is 5. The highest BCUT2D eigenvalue weighted by Gasteiger charge is 2.21. The molecule has 0 fully saturated rings. The van der Waals surface area contributed by atoms with Gasteiger partial charge < -0.3 is 13.7 Å². The number of anilines is 3. The van der Waals surface area contributed by atoms with Crippen molar-refractivity contribution in [2.24, 2.45) is 0 Å². The van der Waals surface area contributed by atoms with E-state index in [9.17, 15) is 0 Å². The van der Waals surface area contributed by atoms with Gasteiger partial charge in [-0.3, -0.25) is 4.98 Å². The Morgan fingerprint density at radius 2 is 1.11 bits per heavy atom. The van der Waals surface area contributed by atoms with E-state index in [0.29, 0.717) is 0 Å². The lowest BCUT2D eigenvalue weighted by atomic mass is 10.1. The standard InChI is InChI=1S/C39H22N2O2S/c1-2-8-24-18-38-31(17-23(24)7-1)32-21-40-22-33(39(32)44-38)41(25-14-16-36-30(19-25)28-10-4-6-12-35(28)42-36)26-13-15-29-27-9-3-5-11-34(27)43-37(29)20-26/h1-22H. The zero-order valence-electron chi connectivity index (χ0n) is 23.3. The molecule has 0 N–H and O–H groups in total. The number of furan rings is 2. The largest absolute Gasteiger partial charge is 0.456 e. The van der Waals surface area contributed by atoms with Gasteiger partial charge in [-0.25, -0.2) is 0 Å². The summed E-state index contributed by atoms with van der Waals surface area (Å²) in [5.74, 6) is 0. The summed E-state index contributed by atoms with van der Waals surface area (Å²) in [5, 5.41) is 9.25. The molecule has 10 aromatic rings. The molecule has 0 amide bonds. The van der Waals surface area contributed by atoms with Crippen LogP contribution in [-0.2, 0) is 0 Å². The molecule has 0 radical (unpaired) electrons. The second kappa shape index (κ2) is 8.93. The lowest BCUT2D eigenvalue weighted by Crippen LogP contribution is -2.10. The number of para-hydroxylation sites is 2. The smallest absolute Gasteiger partial charge is 0.137 e. The van der Waals surface area contributed by atoms with Crippen LogP contribution in [0.3, 0.4) is 0 Å². The summed E-state index contributed by atoms with van der Waals surface area (Å²) in [6.45, 7) is 0. The van der Waals surface area contributed by atoms with E-state index in [-0.39, 0.29) is 0 Å². The van der Waals surface area contributed by atoms with Crippen LogP contribution in [0.4, 0.5) is 17.1 Å². The molecular formula is C39H22N2O2S. The van der Waals surface area contributed by atoms with Crippen LogP contribution in [0.25, 0.3) is 74.8 Å². The second-order valence-electron chi connectivity index (χ2n) is 11.2. The molecule has 5 heteroatoms. The van der Waals surface area contributed by atoms with Crippen LogP contribution in [0.2, 0.25) is 0 Å². The minimum atomic E-state index is 0.853. The average Bonchev–Trinajstić information content (AvgIpc) is 3.74. The van der Waals surface area contributed by atoms with Gasteiger partial charge >= 0.3 is 0 Å². The number of hydrogen-bond donors (Lipinski definition) is 0. The molecular weight excluding hydrogens is 561 g/mol. The van der Waals surface area contributed by atoms with E-state index < -0.39 is 0 Å². The number of rotatable bonds is 3. The fourth-order valence-electron chi connectivity index (χ4n) is 6.65. The second-order valence-corrected chi connectivity index (χ2v) is 12.3. The van der Waals surface area contributed by atoms with Gasteiger partial charge in [-0.1, -0.05) is 60.7 Å². The minimum Gasteiger partial charge on any atom is -0.456 e. The van der Waals surface area contributed by atoms with E-state index in [4.69, 9.17) is 13.8 Å². The normalized spacial score (nSPS) is 12.1. The summed E-state index contributed by atoms with van der Waals surface area (Å²) in [6.07, 6.45) is 3.98. The van der Waals surface area contributed by atoms with Crippen LogP contribution in [0.15, 0.2) is 143 Å². The van der Waals surface area contributed by atoms with Crippen molar-refractivity contribution in [1.82, 2.24) is 4.98 Å². The minimum absolute atomic E-state index is 0.853. The summed E-state index contributed by atoms with van der Waals surface area (Å²) in [6, 6.07) is 42.5. The van der Waals surface area contributed by atoms with Crippen molar-refractivity contribution in [3.8, 4) is 0 Å². The molecule has 0 saturated heterocycles. The Bertz CT molecular complexity index is 2750. The molecule has 0 aliphatic carbocycles. The maximum Gasteiger partial charge on any atom is 0.137 e. The number of thiophene rings is 1. The summed E-state index contributed by atoms with van der Waals surface area (Å²) >= 11 is 1.81. The molecule has 0 bridgehead atoms. The molecule has 4 aromatic heterocycles. The van der Waals surface area contributed by atoms with Gasteiger partial charge in [0.2, 0.25) is 0 Å². The third kappa shape index (κ3) is 3.41. The van der Waals surface area contributed by atoms with E-state index in [0.717, 1.165) is 66.3 Å². The quantitative estimate of drug-likeness (QED) is 0.208. The molecule has 6 aromatic carbocycles. The first-order valence-corrected chi connectivity index (χ1v) is 15.4. The van der Waals surface area contributed by atoms with Crippen molar-refractivity contribution >= 4 is 103 Å². The van der Waals surface area contributed by atoms with Gasteiger partial charge in [0.25, 0.3) is 0 Å². The maximum atomic E-state index is 6.36. The summed E-state index contributed by atoms with van der Waals surface area (Å²) in [4.78, 5) is 7.11. The number of benzene rings is 6. The third-order valence-electron chi connectivity index (χ3n) is 8.71. The molecule has 206 valence electrons. The summed E-state index contributed by atoms with van der Waals surface area (Å²) < 4.78 is 15.0. The number of nitrogens with zero attached hydrogens (tertiary/aromatic N) is 2. The molecule has 0 saturated carbocycles. The molecule has 0 aliphatic rings. The fraction of sp³-hybridized carbons (Fsp3) is 0. The van der Waals surface area contributed by atoms with Gasteiger partial charge in [0, 0.05) is 60.7 Å². The number of pyridine rings is 1. The number of aromatic nitrogens is 1. The Kier molecular flexibility index (Phi) is 4.84. The van der Waals surface area contributed by atoms with Crippen molar-refractivity contribution in [3.63, 3.8) is 0 Å². The van der Waals surface area contributed by atoms with Gasteiger partial charge in [-0.2, -0.15) is 0 Å². The first-order valence-electron chi connectivity index (χ1n) is 14.6. The Morgan fingerprint density at radius 1 is 0.477 bits per heavy atom. The molecule has 4 heterocycles. The predicted octanol–water partition coefficient (Wildman–Crippen LogP) is 11.9. The highest BCUT2D eigenvalue weighted by molar-refractivity contribution is 7.26. The highest BCUT2D eigenvalue weighted by Crippen LogP contribution is 2.46. The van der Waals surface area contributed by atoms with Crippen LogP contribution in [-0.4, -0.2) is 4.98 Å². The lowest BCUT2D eigenvalue weighted by Gasteiger charge is -2.25. The van der Waals surface area contributed by atoms with Crippen molar-refractivity contribution in [2.75, 3.05) is 4.90 Å². The molecule has 4 nitrogen and oxygen atoms in total. The van der Waals surface area contributed by atoms with Gasteiger partial charge in [0.15, 0.2) is 0 Å². The van der Waals surface area contributed by atoms with Gasteiger partial charge in [-0.15, -0.1) is 11.3 Å². The summed E-state index contributed by atoms with van der Waals surface area (Å²) in [5.41, 5.74) is 6.54. The van der Waals surface area contributed by atoms with E-state index in [1.807, 2.05) is 48.0 Å². The van der Waals surface area contributed by atoms with Crippen molar-refractivity contribution in [3.05, 3.63) is 134 Å². The van der Waals surface area contributed by atoms with Crippen molar-refractivity contribution < 1.29 is 8.83 Å². The molecule has 44 heavy (non-hydrogen) atoms. The van der Waals surface area contributed by atoms with Gasteiger partial charge in [0.05, 0.1) is 16.6 Å². The van der Waals surface area contributed by atoms with Crippen LogP contribution in [0.5, 0.6) is 0 Å². The summed E-state index contributed by atoms with van der Waals surface area (Å²) in [7, 11) is 0. The molecule has 0 aliphatic heterocycles.